The second kappa shape index (κ2) is 9.40. The number of likely N-dealkylation sites (tertiary alicyclic amines) is 1. The number of urea groups is 1. The van der Waals surface area contributed by atoms with Crippen LogP contribution in [0.1, 0.15) is 60.1 Å². The third-order valence-electron chi connectivity index (χ3n) is 5.12. The van der Waals surface area contributed by atoms with Crippen molar-refractivity contribution in [3.05, 3.63) is 65.2 Å². The van der Waals surface area contributed by atoms with Crippen molar-refractivity contribution >= 4 is 17.7 Å². The molecule has 1 aliphatic rings. The molecule has 148 valence electrons. The molecule has 2 amide bonds. The van der Waals surface area contributed by atoms with E-state index >= 15 is 0 Å². The van der Waals surface area contributed by atoms with Crippen LogP contribution in [0.25, 0.3) is 0 Å². The molecule has 1 fully saturated rings. The highest BCUT2D eigenvalue weighted by Crippen LogP contribution is 2.31. The summed E-state index contributed by atoms with van der Waals surface area (Å²) in [5, 5.41) is 2.98. The molecule has 3 rings (SSSR count). The maximum atomic E-state index is 13.0. The van der Waals surface area contributed by atoms with Crippen molar-refractivity contribution in [3.63, 3.8) is 0 Å². The maximum absolute atomic E-state index is 13.0. The molecule has 2 aromatic rings. The molecule has 5 heteroatoms. The fourth-order valence-corrected chi connectivity index (χ4v) is 3.59. The highest BCUT2D eigenvalue weighted by Gasteiger charge is 2.26. The molecule has 0 unspecified atom stereocenters. The van der Waals surface area contributed by atoms with Crippen molar-refractivity contribution in [1.82, 2.24) is 4.90 Å². The van der Waals surface area contributed by atoms with E-state index in [1.165, 1.54) is 11.1 Å². The predicted octanol–water partition coefficient (Wildman–Crippen LogP) is 5.32. The Kier molecular flexibility index (Phi) is 6.69. The molecule has 1 atom stereocenters. The standard InChI is InChI=1S/C23H28N2O3/c1-3-28-22(26)19-12-14-20(15-13-19)24-23(27)25-16-6-4-5-7-21(25)18-10-8-17(2)9-11-18/h8-15,21H,3-7,16H2,1-2H3,(H,24,27)/t21-/m1/s1. The molecule has 1 heterocycles. The highest BCUT2D eigenvalue weighted by molar-refractivity contribution is 5.92. The average molecular weight is 380 g/mol. The van der Waals surface area contributed by atoms with E-state index in [9.17, 15) is 9.59 Å². The summed E-state index contributed by atoms with van der Waals surface area (Å²) in [5.41, 5.74) is 3.55. The first-order valence-electron chi connectivity index (χ1n) is 10.00. The SMILES string of the molecule is CCOC(=O)c1ccc(NC(=O)N2CCCCC[C@@H]2c2ccc(C)cc2)cc1. The van der Waals surface area contributed by atoms with Gasteiger partial charge in [-0.25, -0.2) is 9.59 Å². The second-order valence-electron chi connectivity index (χ2n) is 7.20. The summed E-state index contributed by atoms with van der Waals surface area (Å²) in [7, 11) is 0. The number of esters is 1. The average Bonchev–Trinajstić information content (AvgIpc) is 2.95. The minimum absolute atomic E-state index is 0.0851. The molecule has 1 aliphatic heterocycles. The number of carbonyl (C=O) groups excluding carboxylic acids is 2. The summed E-state index contributed by atoms with van der Waals surface area (Å²) in [4.78, 5) is 26.7. The number of aryl methyl sites for hydroxylation is 1. The number of carbonyl (C=O) groups is 2. The van der Waals surface area contributed by atoms with Gasteiger partial charge in [0.15, 0.2) is 0 Å². The summed E-state index contributed by atoms with van der Waals surface area (Å²) < 4.78 is 4.99. The predicted molar refractivity (Wildman–Crippen MR) is 111 cm³/mol. The molecule has 5 nitrogen and oxygen atoms in total. The van der Waals surface area contributed by atoms with E-state index in [-0.39, 0.29) is 18.0 Å². The Bertz CT molecular complexity index is 800. The Morgan fingerprint density at radius 2 is 1.75 bits per heavy atom. The van der Waals surface area contributed by atoms with E-state index in [1.54, 1.807) is 31.2 Å². The maximum Gasteiger partial charge on any atom is 0.338 e. The number of nitrogens with zero attached hydrogens (tertiary/aromatic N) is 1. The fraction of sp³-hybridized carbons (Fsp3) is 0.391. The lowest BCUT2D eigenvalue weighted by atomic mass is 10.00. The number of anilines is 1. The monoisotopic (exact) mass is 380 g/mol. The summed E-state index contributed by atoms with van der Waals surface area (Å²) in [6.07, 6.45) is 4.24. The van der Waals surface area contributed by atoms with Crippen LogP contribution in [0.2, 0.25) is 0 Å². The minimum Gasteiger partial charge on any atom is -0.462 e. The van der Waals surface area contributed by atoms with Crippen LogP contribution >= 0.6 is 0 Å². The zero-order chi connectivity index (χ0) is 19.9. The Morgan fingerprint density at radius 3 is 2.43 bits per heavy atom. The highest BCUT2D eigenvalue weighted by atomic mass is 16.5. The Balaban J connectivity index is 1.73. The van der Waals surface area contributed by atoms with Gasteiger partial charge < -0.3 is 15.0 Å². The van der Waals surface area contributed by atoms with Gasteiger partial charge in [-0.2, -0.15) is 0 Å². The third kappa shape index (κ3) is 4.91. The quantitative estimate of drug-likeness (QED) is 0.730. The summed E-state index contributed by atoms with van der Waals surface area (Å²) in [6, 6.07) is 15.3. The third-order valence-corrected chi connectivity index (χ3v) is 5.12. The molecule has 1 saturated heterocycles. The summed E-state index contributed by atoms with van der Waals surface area (Å²) >= 11 is 0. The second-order valence-corrected chi connectivity index (χ2v) is 7.20. The van der Waals surface area contributed by atoms with Crippen LogP contribution in [0.3, 0.4) is 0 Å². The van der Waals surface area contributed by atoms with Gasteiger partial charge in [0.2, 0.25) is 0 Å². The number of amides is 2. The topological polar surface area (TPSA) is 58.6 Å². The first-order valence-corrected chi connectivity index (χ1v) is 10.00. The molecular weight excluding hydrogens is 352 g/mol. The molecule has 28 heavy (non-hydrogen) atoms. The number of hydrogen-bond acceptors (Lipinski definition) is 3. The number of benzene rings is 2. The molecule has 0 saturated carbocycles. The first-order chi connectivity index (χ1) is 13.6. The summed E-state index contributed by atoms with van der Waals surface area (Å²) in [5.74, 6) is -0.354. The van der Waals surface area contributed by atoms with Crippen molar-refractivity contribution < 1.29 is 14.3 Å². The lowest BCUT2D eigenvalue weighted by Crippen LogP contribution is -2.38. The molecule has 0 aromatic heterocycles. The number of ether oxygens (including phenoxy) is 1. The first kappa shape index (κ1) is 19.9. The van der Waals surface area contributed by atoms with Crippen LogP contribution in [-0.4, -0.2) is 30.1 Å². The van der Waals surface area contributed by atoms with Crippen molar-refractivity contribution in [2.45, 2.75) is 45.6 Å². The number of nitrogens with one attached hydrogen (secondary N) is 1. The van der Waals surface area contributed by atoms with Gasteiger partial charge in [0, 0.05) is 12.2 Å². The Hall–Kier alpha value is -2.82. The Labute approximate surface area is 166 Å². The van der Waals surface area contributed by atoms with Crippen LogP contribution in [0, 0.1) is 6.92 Å². The van der Waals surface area contributed by atoms with Crippen molar-refractivity contribution in [2.24, 2.45) is 0 Å². The fourth-order valence-electron chi connectivity index (χ4n) is 3.59. The van der Waals surface area contributed by atoms with Crippen LogP contribution in [0.15, 0.2) is 48.5 Å². The van der Waals surface area contributed by atoms with Gasteiger partial charge in [-0.15, -0.1) is 0 Å². The van der Waals surface area contributed by atoms with Gasteiger partial charge >= 0.3 is 12.0 Å². The van der Waals surface area contributed by atoms with E-state index in [0.717, 1.165) is 32.2 Å². The molecule has 0 radical (unpaired) electrons. The largest absolute Gasteiger partial charge is 0.462 e. The molecule has 0 aliphatic carbocycles. The zero-order valence-corrected chi connectivity index (χ0v) is 16.6. The smallest absolute Gasteiger partial charge is 0.338 e. The van der Waals surface area contributed by atoms with E-state index < -0.39 is 0 Å². The van der Waals surface area contributed by atoms with Gasteiger partial charge in [0.25, 0.3) is 0 Å². The lowest BCUT2D eigenvalue weighted by Gasteiger charge is -2.30. The number of rotatable bonds is 4. The van der Waals surface area contributed by atoms with Crippen molar-refractivity contribution in [2.75, 3.05) is 18.5 Å². The van der Waals surface area contributed by atoms with Gasteiger partial charge in [-0.3, -0.25) is 0 Å². The summed E-state index contributed by atoms with van der Waals surface area (Å²) in [6.45, 7) is 4.93. The van der Waals surface area contributed by atoms with E-state index in [4.69, 9.17) is 4.74 Å². The molecule has 2 aromatic carbocycles. The van der Waals surface area contributed by atoms with Gasteiger partial charge in [-0.1, -0.05) is 42.7 Å². The minimum atomic E-state index is -0.354. The van der Waals surface area contributed by atoms with Crippen LogP contribution in [0.5, 0.6) is 0 Å². The Morgan fingerprint density at radius 1 is 1.04 bits per heavy atom. The van der Waals surface area contributed by atoms with Crippen LogP contribution < -0.4 is 5.32 Å². The van der Waals surface area contributed by atoms with Gasteiger partial charge in [0.1, 0.15) is 0 Å². The van der Waals surface area contributed by atoms with Gasteiger partial charge in [0.05, 0.1) is 18.2 Å². The van der Waals surface area contributed by atoms with E-state index in [0.29, 0.717) is 17.9 Å². The molecular formula is C23H28N2O3. The molecule has 0 spiro atoms. The molecule has 1 N–H and O–H groups in total. The van der Waals surface area contributed by atoms with Crippen LogP contribution in [0.4, 0.5) is 10.5 Å². The van der Waals surface area contributed by atoms with E-state index in [2.05, 4.69) is 36.5 Å². The van der Waals surface area contributed by atoms with E-state index in [1.807, 2.05) is 4.90 Å². The van der Waals surface area contributed by atoms with Crippen LogP contribution in [-0.2, 0) is 4.74 Å². The molecule has 0 bridgehead atoms. The zero-order valence-electron chi connectivity index (χ0n) is 16.6. The number of hydrogen-bond donors (Lipinski definition) is 1. The van der Waals surface area contributed by atoms with Crippen molar-refractivity contribution in [1.29, 1.82) is 0 Å². The van der Waals surface area contributed by atoms with Gasteiger partial charge in [-0.05, 0) is 56.5 Å². The van der Waals surface area contributed by atoms with Crippen molar-refractivity contribution in [3.8, 4) is 0 Å². The normalized spacial score (nSPS) is 16.9. The lowest BCUT2D eigenvalue weighted by molar-refractivity contribution is 0.0526.